The smallest absolute Gasteiger partial charge is 0.338 e. The Morgan fingerprint density at radius 1 is 1.12 bits per heavy atom. The molecule has 2 aliphatic rings. The molecule has 1 aromatic carbocycles. The summed E-state index contributed by atoms with van der Waals surface area (Å²) >= 11 is 1.71. The van der Waals surface area contributed by atoms with E-state index in [1.54, 1.807) is 17.4 Å². The molecule has 174 valence electrons. The number of likely N-dealkylation sites (tertiary alicyclic amines) is 1. The molecule has 33 heavy (non-hydrogen) atoms. The predicted octanol–water partition coefficient (Wildman–Crippen LogP) is 4.55. The predicted molar refractivity (Wildman–Crippen MR) is 131 cm³/mol. The van der Waals surface area contributed by atoms with E-state index in [9.17, 15) is 9.59 Å². The fourth-order valence-corrected chi connectivity index (χ4v) is 6.23. The molecule has 0 amide bonds. The van der Waals surface area contributed by atoms with Gasteiger partial charge in [0.2, 0.25) is 0 Å². The number of aryl methyl sites for hydroxylation is 2. The van der Waals surface area contributed by atoms with Crippen LogP contribution in [0.2, 0.25) is 0 Å². The second kappa shape index (κ2) is 9.77. The molecule has 0 N–H and O–H groups in total. The summed E-state index contributed by atoms with van der Waals surface area (Å²) in [5, 5.41) is 0.818. The van der Waals surface area contributed by atoms with Gasteiger partial charge in [-0.3, -0.25) is 14.3 Å². The van der Waals surface area contributed by atoms with E-state index >= 15 is 0 Å². The third-order valence-corrected chi connectivity index (χ3v) is 7.84. The van der Waals surface area contributed by atoms with Crippen LogP contribution < -0.4 is 5.56 Å². The number of esters is 1. The minimum atomic E-state index is -0.316. The lowest BCUT2D eigenvalue weighted by Gasteiger charge is -2.19. The molecule has 2 aromatic heterocycles. The van der Waals surface area contributed by atoms with E-state index < -0.39 is 0 Å². The van der Waals surface area contributed by atoms with Crippen molar-refractivity contribution in [3.05, 3.63) is 62.0 Å². The summed E-state index contributed by atoms with van der Waals surface area (Å²) in [5.74, 6) is 0.510. The topological polar surface area (TPSA) is 64.4 Å². The van der Waals surface area contributed by atoms with Gasteiger partial charge in [-0.05, 0) is 81.3 Å². The lowest BCUT2D eigenvalue weighted by atomic mass is 9.97. The largest absolute Gasteiger partial charge is 0.462 e. The van der Waals surface area contributed by atoms with Gasteiger partial charge < -0.3 is 4.74 Å². The van der Waals surface area contributed by atoms with E-state index in [2.05, 4.69) is 4.90 Å². The van der Waals surface area contributed by atoms with Gasteiger partial charge in [0.15, 0.2) is 0 Å². The molecule has 3 heterocycles. The average Bonchev–Trinajstić information content (AvgIpc) is 3.47. The van der Waals surface area contributed by atoms with Gasteiger partial charge in [-0.1, -0.05) is 19.1 Å². The number of ether oxygens (including phenoxy) is 1. The number of nitrogens with zero attached hydrogens (tertiary/aromatic N) is 3. The maximum Gasteiger partial charge on any atom is 0.338 e. The fraction of sp³-hybridized carbons (Fsp3) is 0.500. The Labute approximate surface area is 198 Å². The summed E-state index contributed by atoms with van der Waals surface area (Å²) in [4.78, 5) is 35.9. The zero-order valence-corrected chi connectivity index (χ0v) is 20.1. The van der Waals surface area contributed by atoms with Crippen LogP contribution in [0.1, 0.15) is 71.2 Å². The van der Waals surface area contributed by atoms with Crippen LogP contribution >= 0.6 is 11.3 Å². The molecule has 0 saturated carbocycles. The number of carbonyl (C=O) groups excluding carboxylic acids is 1. The Balaban J connectivity index is 1.55. The van der Waals surface area contributed by atoms with Crippen molar-refractivity contribution in [1.29, 1.82) is 0 Å². The van der Waals surface area contributed by atoms with Crippen LogP contribution in [0.5, 0.6) is 0 Å². The number of carbonyl (C=O) groups is 1. The molecule has 0 radical (unpaired) electrons. The van der Waals surface area contributed by atoms with E-state index in [0.29, 0.717) is 25.3 Å². The first kappa shape index (κ1) is 22.3. The highest BCUT2D eigenvalue weighted by Crippen LogP contribution is 2.34. The Kier molecular flexibility index (Phi) is 6.60. The molecule has 0 atom stereocenters. The zero-order chi connectivity index (χ0) is 22.8. The zero-order valence-electron chi connectivity index (χ0n) is 19.3. The molecule has 3 aromatic rings. The van der Waals surface area contributed by atoms with Gasteiger partial charge >= 0.3 is 5.97 Å². The van der Waals surface area contributed by atoms with Gasteiger partial charge in [-0.2, -0.15) is 0 Å². The molecule has 1 saturated heterocycles. The highest BCUT2D eigenvalue weighted by Gasteiger charge is 2.24. The standard InChI is InChI=1S/C26H31N3O3S/c1-2-14-32-26(31)19-9-7-8-18(15-19)16-29-22(17-28-12-5-6-13-28)27-24-23(25(29)30)20-10-3-4-11-21(20)33-24/h7-9,15H,2-6,10-14,16-17H2,1H3. The minimum Gasteiger partial charge on any atom is -0.462 e. The molecule has 1 fully saturated rings. The minimum absolute atomic E-state index is 0.0626. The number of aromatic nitrogens is 2. The van der Waals surface area contributed by atoms with Crippen molar-refractivity contribution < 1.29 is 9.53 Å². The molecule has 1 aliphatic heterocycles. The number of hydrogen-bond acceptors (Lipinski definition) is 6. The lowest BCUT2D eigenvalue weighted by molar-refractivity contribution is 0.0505. The number of fused-ring (bicyclic) bond motifs is 3. The van der Waals surface area contributed by atoms with Crippen molar-refractivity contribution in [2.75, 3.05) is 19.7 Å². The van der Waals surface area contributed by atoms with Gasteiger partial charge in [-0.15, -0.1) is 11.3 Å². The van der Waals surface area contributed by atoms with Gasteiger partial charge in [-0.25, -0.2) is 9.78 Å². The molecular weight excluding hydrogens is 434 g/mol. The Morgan fingerprint density at radius 3 is 2.76 bits per heavy atom. The van der Waals surface area contributed by atoms with Gasteiger partial charge in [0.05, 0.1) is 30.6 Å². The number of hydrogen-bond donors (Lipinski definition) is 0. The first-order valence-corrected chi connectivity index (χ1v) is 13.0. The van der Waals surface area contributed by atoms with E-state index in [-0.39, 0.29) is 11.5 Å². The van der Waals surface area contributed by atoms with E-state index in [0.717, 1.165) is 60.4 Å². The second-order valence-electron chi connectivity index (χ2n) is 9.13. The summed E-state index contributed by atoms with van der Waals surface area (Å²) in [5.41, 5.74) is 2.72. The van der Waals surface area contributed by atoms with Crippen molar-refractivity contribution >= 4 is 27.5 Å². The first-order valence-electron chi connectivity index (χ1n) is 12.2. The molecule has 5 rings (SSSR count). The molecule has 0 bridgehead atoms. The molecule has 0 unspecified atom stereocenters. The highest BCUT2D eigenvalue weighted by atomic mass is 32.1. The summed E-state index contributed by atoms with van der Waals surface area (Å²) < 4.78 is 7.15. The molecule has 0 spiro atoms. The first-order chi connectivity index (χ1) is 16.1. The molecular formula is C26H31N3O3S. The van der Waals surface area contributed by atoms with Crippen LogP contribution in [0, 0.1) is 0 Å². The van der Waals surface area contributed by atoms with E-state index in [1.807, 2.05) is 29.7 Å². The van der Waals surface area contributed by atoms with Crippen molar-refractivity contribution in [3.8, 4) is 0 Å². The van der Waals surface area contributed by atoms with Crippen molar-refractivity contribution in [1.82, 2.24) is 14.5 Å². The van der Waals surface area contributed by atoms with Crippen LogP contribution in [0.4, 0.5) is 0 Å². The van der Waals surface area contributed by atoms with Crippen LogP contribution in [-0.4, -0.2) is 40.1 Å². The van der Waals surface area contributed by atoms with Crippen LogP contribution in [-0.2, 0) is 30.7 Å². The Hall–Kier alpha value is -2.51. The van der Waals surface area contributed by atoms with Crippen LogP contribution in [0.15, 0.2) is 29.1 Å². The number of thiophene rings is 1. The monoisotopic (exact) mass is 465 g/mol. The van der Waals surface area contributed by atoms with Crippen LogP contribution in [0.25, 0.3) is 10.2 Å². The highest BCUT2D eigenvalue weighted by molar-refractivity contribution is 7.18. The normalized spacial score (nSPS) is 16.3. The quantitative estimate of drug-likeness (QED) is 0.479. The Bertz CT molecular complexity index is 1220. The maximum absolute atomic E-state index is 13.8. The van der Waals surface area contributed by atoms with Gasteiger partial charge in [0, 0.05) is 4.88 Å². The third-order valence-electron chi connectivity index (χ3n) is 6.66. The van der Waals surface area contributed by atoms with Gasteiger partial charge in [0.1, 0.15) is 10.7 Å². The van der Waals surface area contributed by atoms with Crippen molar-refractivity contribution in [2.45, 2.75) is 65.0 Å². The van der Waals surface area contributed by atoms with E-state index in [1.165, 1.54) is 29.7 Å². The SMILES string of the molecule is CCCOC(=O)c1cccc(Cn2c(CN3CCCC3)nc3sc4c(c3c2=O)CCCC4)c1. The fourth-order valence-electron chi connectivity index (χ4n) is 4.96. The molecule has 6 nitrogen and oxygen atoms in total. The Morgan fingerprint density at radius 2 is 1.94 bits per heavy atom. The second-order valence-corrected chi connectivity index (χ2v) is 10.2. The maximum atomic E-state index is 13.8. The molecule has 7 heteroatoms. The lowest BCUT2D eigenvalue weighted by Crippen LogP contribution is -2.30. The molecule has 1 aliphatic carbocycles. The summed E-state index contributed by atoms with van der Waals surface area (Å²) in [6.45, 7) is 5.58. The van der Waals surface area contributed by atoms with Gasteiger partial charge in [0.25, 0.3) is 5.56 Å². The third kappa shape index (κ3) is 4.62. The van der Waals surface area contributed by atoms with E-state index in [4.69, 9.17) is 9.72 Å². The summed E-state index contributed by atoms with van der Waals surface area (Å²) in [7, 11) is 0. The van der Waals surface area contributed by atoms with Crippen LogP contribution in [0.3, 0.4) is 0 Å². The van der Waals surface area contributed by atoms with Crippen molar-refractivity contribution in [2.24, 2.45) is 0 Å². The number of benzene rings is 1. The summed E-state index contributed by atoms with van der Waals surface area (Å²) in [6, 6.07) is 7.45. The summed E-state index contributed by atoms with van der Waals surface area (Å²) in [6.07, 6.45) is 7.53. The van der Waals surface area contributed by atoms with Crippen molar-refractivity contribution in [3.63, 3.8) is 0 Å². The number of rotatable bonds is 7. The average molecular weight is 466 g/mol.